The fraction of sp³-hybridized carbons (Fsp3) is 0.333. The van der Waals surface area contributed by atoms with Crippen LogP contribution in [-0.2, 0) is 6.42 Å². The van der Waals surface area contributed by atoms with Gasteiger partial charge in [-0.1, -0.05) is 23.2 Å². The molecule has 1 amide bonds. The van der Waals surface area contributed by atoms with Gasteiger partial charge in [-0.15, -0.1) is 11.3 Å². The van der Waals surface area contributed by atoms with Crippen molar-refractivity contribution in [3.8, 4) is 5.75 Å². The molecule has 0 aliphatic rings. The summed E-state index contributed by atoms with van der Waals surface area (Å²) in [5, 5.41) is 6.50. The highest BCUT2D eigenvalue weighted by Crippen LogP contribution is 2.34. The second-order valence-electron chi connectivity index (χ2n) is 4.57. The van der Waals surface area contributed by atoms with Gasteiger partial charge in [0.15, 0.2) is 5.75 Å². The molecule has 0 aliphatic heterocycles. The summed E-state index contributed by atoms with van der Waals surface area (Å²) in [5.74, 6) is 0.180. The Balaban J connectivity index is 1.97. The van der Waals surface area contributed by atoms with Crippen molar-refractivity contribution < 1.29 is 9.53 Å². The average molecular weight is 359 g/mol. The Hall–Kier alpha value is -1.30. The zero-order valence-corrected chi connectivity index (χ0v) is 14.6. The number of amides is 1. The zero-order valence-electron chi connectivity index (χ0n) is 12.3. The maximum Gasteiger partial charge on any atom is 0.251 e. The van der Waals surface area contributed by atoms with E-state index in [0.29, 0.717) is 40.9 Å². The molecule has 0 saturated heterocycles. The lowest BCUT2D eigenvalue weighted by atomic mass is 10.2. The second kappa shape index (κ2) is 7.81. The van der Waals surface area contributed by atoms with Crippen LogP contribution in [0.4, 0.5) is 0 Å². The van der Waals surface area contributed by atoms with E-state index in [2.05, 4.69) is 10.3 Å². The van der Waals surface area contributed by atoms with E-state index in [9.17, 15) is 4.79 Å². The highest BCUT2D eigenvalue weighted by Gasteiger charge is 2.13. The Labute approximate surface area is 143 Å². The lowest BCUT2D eigenvalue weighted by Crippen LogP contribution is -2.25. The SMILES string of the molecule is CCOc1c(Cl)cc(C(=O)NCCc2csc(C)n2)cc1Cl. The summed E-state index contributed by atoms with van der Waals surface area (Å²) >= 11 is 13.8. The van der Waals surface area contributed by atoms with Crippen LogP contribution >= 0.6 is 34.5 Å². The molecule has 7 heteroatoms. The zero-order chi connectivity index (χ0) is 16.1. The van der Waals surface area contributed by atoms with Gasteiger partial charge >= 0.3 is 0 Å². The molecule has 0 aliphatic carbocycles. The first-order valence-electron chi connectivity index (χ1n) is 6.82. The van der Waals surface area contributed by atoms with Gasteiger partial charge in [0.2, 0.25) is 0 Å². The second-order valence-corrected chi connectivity index (χ2v) is 6.44. The fourth-order valence-electron chi connectivity index (χ4n) is 1.90. The van der Waals surface area contributed by atoms with Crippen LogP contribution in [0.25, 0.3) is 0 Å². The van der Waals surface area contributed by atoms with E-state index in [4.69, 9.17) is 27.9 Å². The number of aromatic nitrogens is 1. The molecule has 1 N–H and O–H groups in total. The number of thiazole rings is 1. The molecule has 1 heterocycles. The standard InChI is InChI=1S/C15H16Cl2N2O2S/c1-3-21-14-12(16)6-10(7-13(14)17)15(20)18-5-4-11-8-22-9(2)19-11/h6-8H,3-5H2,1-2H3,(H,18,20). The maximum absolute atomic E-state index is 12.1. The van der Waals surface area contributed by atoms with Gasteiger partial charge in [-0.2, -0.15) is 0 Å². The van der Waals surface area contributed by atoms with Crippen LogP contribution in [0.5, 0.6) is 5.75 Å². The summed E-state index contributed by atoms with van der Waals surface area (Å²) in [6.07, 6.45) is 0.689. The van der Waals surface area contributed by atoms with Gasteiger partial charge in [0.25, 0.3) is 5.91 Å². The van der Waals surface area contributed by atoms with Crippen molar-refractivity contribution in [2.24, 2.45) is 0 Å². The van der Waals surface area contributed by atoms with E-state index >= 15 is 0 Å². The molecule has 0 saturated carbocycles. The third-order valence-corrected chi connectivity index (χ3v) is 4.27. The van der Waals surface area contributed by atoms with E-state index < -0.39 is 0 Å². The minimum atomic E-state index is -0.223. The number of ether oxygens (including phenoxy) is 1. The molecule has 1 aromatic carbocycles. The number of rotatable bonds is 6. The number of nitrogens with one attached hydrogen (secondary N) is 1. The minimum absolute atomic E-state index is 0.223. The molecule has 1 aromatic heterocycles. The summed E-state index contributed by atoms with van der Waals surface area (Å²) < 4.78 is 5.34. The molecule has 0 spiro atoms. The maximum atomic E-state index is 12.1. The lowest BCUT2D eigenvalue weighted by Gasteiger charge is -2.10. The van der Waals surface area contributed by atoms with Crippen molar-refractivity contribution in [3.63, 3.8) is 0 Å². The third kappa shape index (κ3) is 4.35. The number of aryl methyl sites for hydroxylation is 1. The van der Waals surface area contributed by atoms with Crippen LogP contribution in [0, 0.1) is 6.92 Å². The smallest absolute Gasteiger partial charge is 0.251 e. The van der Waals surface area contributed by atoms with Gasteiger partial charge in [0.05, 0.1) is 27.4 Å². The quantitative estimate of drug-likeness (QED) is 0.844. The summed E-state index contributed by atoms with van der Waals surface area (Å²) in [6.45, 7) is 4.76. The predicted molar refractivity (Wildman–Crippen MR) is 90.5 cm³/mol. The van der Waals surface area contributed by atoms with Crippen LogP contribution in [0.15, 0.2) is 17.5 Å². The summed E-state index contributed by atoms with van der Waals surface area (Å²) in [6, 6.07) is 3.11. The van der Waals surface area contributed by atoms with Crippen LogP contribution in [0.2, 0.25) is 10.0 Å². The number of benzene rings is 1. The molecule has 0 radical (unpaired) electrons. The van der Waals surface area contributed by atoms with E-state index in [-0.39, 0.29) is 5.91 Å². The third-order valence-electron chi connectivity index (χ3n) is 2.88. The molecule has 2 aromatic rings. The number of halogens is 2. The molecule has 0 bridgehead atoms. The van der Waals surface area contributed by atoms with Crippen molar-refractivity contribution in [2.75, 3.05) is 13.2 Å². The van der Waals surface area contributed by atoms with Crippen molar-refractivity contribution in [2.45, 2.75) is 20.3 Å². The van der Waals surface area contributed by atoms with Gasteiger partial charge in [-0.3, -0.25) is 4.79 Å². The van der Waals surface area contributed by atoms with Gasteiger partial charge < -0.3 is 10.1 Å². The lowest BCUT2D eigenvalue weighted by molar-refractivity contribution is 0.0954. The Morgan fingerprint density at radius 3 is 2.59 bits per heavy atom. The van der Waals surface area contributed by atoms with Gasteiger partial charge in [-0.25, -0.2) is 4.98 Å². The summed E-state index contributed by atoms with van der Waals surface area (Å²) in [7, 11) is 0. The number of nitrogens with zero attached hydrogens (tertiary/aromatic N) is 1. The first-order valence-corrected chi connectivity index (χ1v) is 8.46. The monoisotopic (exact) mass is 358 g/mol. The number of hydrogen-bond donors (Lipinski definition) is 1. The van der Waals surface area contributed by atoms with Crippen LogP contribution in [0.1, 0.15) is 28.0 Å². The largest absolute Gasteiger partial charge is 0.491 e. The Morgan fingerprint density at radius 1 is 1.36 bits per heavy atom. The Bertz CT molecular complexity index is 650. The number of carbonyl (C=O) groups is 1. The molecule has 22 heavy (non-hydrogen) atoms. The Morgan fingerprint density at radius 2 is 2.05 bits per heavy atom. The topological polar surface area (TPSA) is 51.2 Å². The van der Waals surface area contributed by atoms with E-state index in [1.807, 2.05) is 19.2 Å². The molecule has 118 valence electrons. The number of hydrogen-bond acceptors (Lipinski definition) is 4. The number of carbonyl (C=O) groups excluding carboxylic acids is 1. The van der Waals surface area contributed by atoms with Crippen molar-refractivity contribution in [1.82, 2.24) is 10.3 Å². The molecule has 2 rings (SSSR count). The van der Waals surface area contributed by atoms with E-state index in [1.54, 1.807) is 23.5 Å². The van der Waals surface area contributed by atoms with Gasteiger partial charge in [0, 0.05) is 23.9 Å². The predicted octanol–water partition coefficient (Wildman–Crippen LogP) is 4.13. The fourth-order valence-corrected chi connectivity index (χ4v) is 3.15. The summed E-state index contributed by atoms with van der Waals surface area (Å²) in [4.78, 5) is 16.5. The normalized spacial score (nSPS) is 10.5. The van der Waals surface area contributed by atoms with E-state index in [0.717, 1.165) is 10.7 Å². The summed E-state index contributed by atoms with van der Waals surface area (Å²) in [5.41, 5.74) is 1.39. The average Bonchev–Trinajstić information content (AvgIpc) is 2.88. The highest BCUT2D eigenvalue weighted by molar-refractivity contribution is 7.09. The van der Waals surface area contributed by atoms with Gasteiger partial charge in [0.1, 0.15) is 0 Å². The molecule has 4 nitrogen and oxygen atoms in total. The molecular formula is C15H16Cl2N2O2S. The van der Waals surface area contributed by atoms with Crippen LogP contribution < -0.4 is 10.1 Å². The van der Waals surface area contributed by atoms with Crippen LogP contribution in [0.3, 0.4) is 0 Å². The van der Waals surface area contributed by atoms with Crippen molar-refractivity contribution in [1.29, 1.82) is 0 Å². The van der Waals surface area contributed by atoms with Crippen LogP contribution in [-0.4, -0.2) is 24.0 Å². The van der Waals surface area contributed by atoms with Crippen molar-refractivity contribution in [3.05, 3.63) is 43.8 Å². The molecule has 0 unspecified atom stereocenters. The first kappa shape index (κ1) is 17.1. The minimum Gasteiger partial charge on any atom is -0.491 e. The molecular weight excluding hydrogens is 343 g/mol. The van der Waals surface area contributed by atoms with Gasteiger partial charge in [-0.05, 0) is 26.0 Å². The van der Waals surface area contributed by atoms with E-state index in [1.165, 1.54) is 0 Å². The molecule has 0 atom stereocenters. The highest BCUT2D eigenvalue weighted by atomic mass is 35.5. The first-order chi connectivity index (χ1) is 10.5. The Kier molecular flexibility index (Phi) is 6.06. The molecule has 0 fully saturated rings. The van der Waals surface area contributed by atoms with Crippen molar-refractivity contribution >= 4 is 40.4 Å².